The molecule has 0 bridgehead atoms. The molecule has 116 valence electrons. The summed E-state index contributed by atoms with van der Waals surface area (Å²) < 4.78 is 13.6. The van der Waals surface area contributed by atoms with Crippen molar-refractivity contribution < 1.29 is 9.18 Å². The van der Waals surface area contributed by atoms with Crippen molar-refractivity contribution in [3.63, 3.8) is 0 Å². The van der Waals surface area contributed by atoms with E-state index in [9.17, 15) is 9.18 Å². The van der Waals surface area contributed by atoms with Gasteiger partial charge in [0, 0.05) is 11.6 Å². The van der Waals surface area contributed by atoms with Gasteiger partial charge in [0.05, 0.1) is 11.7 Å². The quantitative estimate of drug-likeness (QED) is 0.905. The lowest BCUT2D eigenvalue weighted by atomic mass is 10.2. The number of rotatable bonds is 5. The van der Waals surface area contributed by atoms with Crippen molar-refractivity contribution in [1.82, 2.24) is 4.90 Å². The molecule has 2 aromatic carbocycles. The lowest BCUT2D eigenvalue weighted by Gasteiger charge is -2.24. The Bertz CT molecular complexity index is 645. The fourth-order valence-corrected chi connectivity index (χ4v) is 2.14. The molecule has 1 N–H and O–H groups in total. The second-order valence-corrected chi connectivity index (χ2v) is 5.62. The van der Waals surface area contributed by atoms with E-state index >= 15 is 0 Å². The lowest BCUT2D eigenvalue weighted by molar-refractivity contribution is -0.120. The molecular formula is C17H18ClFN2O. The van der Waals surface area contributed by atoms with Gasteiger partial charge >= 0.3 is 0 Å². The first-order chi connectivity index (χ1) is 10.5. The van der Waals surface area contributed by atoms with Crippen LogP contribution in [-0.4, -0.2) is 23.9 Å². The molecule has 2 aromatic rings. The molecular weight excluding hydrogens is 303 g/mol. The molecule has 0 aliphatic heterocycles. The van der Waals surface area contributed by atoms with E-state index in [1.807, 2.05) is 36.2 Å². The van der Waals surface area contributed by atoms with Gasteiger partial charge in [-0.15, -0.1) is 0 Å². The Morgan fingerprint density at radius 3 is 2.50 bits per heavy atom. The lowest BCUT2D eigenvalue weighted by Crippen LogP contribution is -2.39. The summed E-state index contributed by atoms with van der Waals surface area (Å²) in [4.78, 5) is 14.1. The third-order valence-electron chi connectivity index (χ3n) is 3.52. The number of nitrogens with zero attached hydrogens (tertiary/aromatic N) is 1. The topological polar surface area (TPSA) is 32.3 Å². The van der Waals surface area contributed by atoms with E-state index in [0.29, 0.717) is 11.6 Å². The highest BCUT2D eigenvalue weighted by atomic mass is 35.5. The highest BCUT2D eigenvalue weighted by Crippen LogP contribution is 2.15. The number of hydrogen-bond donors (Lipinski definition) is 1. The number of anilines is 1. The van der Waals surface area contributed by atoms with E-state index in [-0.39, 0.29) is 11.6 Å². The smallest absolute Gasteiger partial charge is 0.241 e. The highest BCUT2D eigenvalue weighted by molar-refractivity contribution is 6.30. The van der Waals surface area contributed by atoms with Crippen molar-refractivity contribution in [3.05, 3.63) is 64.9 Å². The van der Waals surface area contributed by atoms with Gasteiger partial charge in [0.25, 0.3) is 0 Å². The molecule has 1 amide bonds. The second-order valence-electron chi connectivity index (χ2n) is 5.19. The summed E-state index contributed by atoms with van der Waals surface area (Å²) in [5.41, 5.74) is 1.25. The fraction of sp³-hybridized carbons (Fsp3) is 0.235. The van der Waals surface area contributed by atoms with Gasteiger partial charge in [-0.2, -0.15) is 0 Å². The average molecular weight is 321 g/mol. The van der Waals surface area contributed by atoms with E-state index in [0.717, 1.165) is 5.56 Å². The van der Waals surface area contributed by atoms with Gasteiger partial charge < -0.3 is 5.32 Å². The molecule has 1 atom stereocenters. The monoisotopic (exact) mass is 320 g/mol. The Balaban J connectivity index is 1.97. The van der Waals surface area contributed by atoms with E-state index < -0.39 is 11.9 Å². The minimum atomic E-state index is -0.441. The van der Waals surface area contributed by atoms with Gasteiger partial charge in [-0.25, -0.2) is 4.39 Å². The number of amides is 1. The van der Waals surface area contributed by atoms with Crippen LogP contribution in [0.5, 0.6) is 0 Å². The maximum atomic E-state index is 13.6. The molecule has 0 saturated carbocycles. The summed E-state index contributed by atoms with van der Waals surface area (Å²) in [6, 6.07) is 13.2. The van der Waals surface area contributed by atoms with Crippen LogP contribution in [0.25, 0.3) is 0 Å². The first-order valence-corrected chi connectivity index (χ1v) is 7.35. The Labute approximate surface area is 134 Å². The van der Waals surface area contributed by atoms with Crippen molar-refractivity contribution in [3.8, 4) is 0 Å². The van der Waals surface area contributed by atoms with E-state index in [4.69, 9.17) is 11.6 Å². The second kappa shape index (κ2) is 7.38. The van der Waals surface area contributed by atoms with Gasteiger partial charge in [-0.3, -0.25) is 9.69 Å². The molecule has 2 rings (SSSR count). The van der Waals surface area contributed by atoms with Crippen LogP contribution >= 0.6 is 11.6 Å². The molecule has 5 heteroatoms. The number of para-hydroxylation sites is 1. The molecule has 0 unspecified atom stereocenters. The van der Waals surface area contributed by atoms with E-state index in [1.54, 1.807) is 25.1 Å². The molecule has 0 saturated heterocycles. The number of benzene rings is 2. The van der Waals surface area contributed by atoms with E-state index in [1.165, 1.54) is 6.07 Å². The predicted molar refractivity (Wildman–Crippen MR) is 87.4 cm³/mol. The van der Waals surface area contributed by atoms with Gasteiger partial charge in [-0.1, -0.05) is 35.9 Å². The summed E-state index contributed by atoms with van der Waals surface area (Å²) in [6.45, 7) is 2.38. The number of hydrogen-bond acceptors (Lipinski definition) is 2. The van der Waals surface area contributed by atoms with Crippen molar-refractivity contribution >= 4 is 23.2 Å². The summed E-state index contributed by atoms with van der Waals surface area (Å²) in [5.74, 6) is -0.690. The van der Waals surface area contributed by atoms with Crippen LogP contribution in [0.15, 0.2) is 48.5 Å². The average Bonchev–Trinajstić information content (AvgIpc) is 2.51. The number of carbonyl (C=O) groups is 1. The maximum absolute atomic E-state index is 13.6. The zero-order valence-electron chi connectivity index (χ0n) is 12.5. The number of likely N-dealkylation sites (N-methyl/N-ethyl adjacent to an activating group) is 1. The van der Waals surface area contributed by atoms with Crippen molar-refractivity contribution in [2.45, 2.75) is 19.5 Å². The van der Waals surface area contributed by atoms with Crippen LogP contribution in [0.1, 0.15) is 12.5 Å². The molecule has 0 fully saturated rings. The molecule has 0 spiro atoms. The zero-order chi connectivity index (χ0) is 16.1. The SMILES string of the molecule is C[C@@H](C(=O)Nc1ccccc1F)N(C)Cc1ccc(Cl)cc1. The minimum Gasteiger partial charge on any atom is -0.322 e. The third-order valence-corrected chi connectivity index (χ3v) is 3.77. The van der Waals surface area contributed by atoms with Gasteiger partial charge in [0.15, 0.2) is 0 Å². The van der Waals surface area contributed by atoms with Gasteiger partial charge in [0.1, 0.15) is 5.82 Å². The molecule has 0 aliphatic rings. The van der Waals surface area contributed by atoms with Crippen LogP contribution in [0.3, 0.4) is 0 Å². The standard InChI is InChI=1S/C17H18ClFN2O/c1-12(17(22)20-16-6-4-3-5-15(16)19)21(2)11-13-7-9-14(18)10-8-13/h3-10,12H,11H2,1-2H3,(H,20,22)/t12-/m0/s1. The van der Waals surface area contributed by atoms with Crippen LogP contribution < -0.4 is 5.32 Å². The summed E-state index contributed by atoms with van der Waals surface area (Å²) >= 11 is 5.85. The first-order valence-electron chi connectivity index (χ1n) is 6.97. The van der Waals surface area contributed by atoms with Crippen molar-refractivity contribution in [2.75, 3.05) is 12.4 Å². The summed E-state index contributed by atoms with van der Waals surface area (Å²) in [7, 11) is 1.85. The van der Waals surface area contributed by atoms with E-state index in [2.05, 4.69) is 5.32 Å². The molecule has 0 heterocycles. The molecule has 22 heavy (non-hydrogen) atoms. The van der Waals surface area contributed by atoms with Gasteiger partial charge in [0.2, 0.25) is 5.91 Å². The number of nitrogens with one attached hydrogen (secondary N) is 1. The zero-order valence-corrected chi connectivity index (χ0v) is 13.3. The Hall–Kier alpha value is -1.91. The normalized spacial score (nSPS) is 12.2. The maximum Gasteiger partial charge on any atom is 0.241 e. The number of carbonyl (C=O) groups excluding carboxylic acids is 1. The Morgan fingerprint density at radius 1 is 1.23 bits per heavy atom. The van der Waals surface area contributed by atoms with Crippen molar-refractivity contribution in [2.24, 2.45) is 0 Å². The molecule has 0 radical (unpaired) electrons. The van der Waals surface area contributed by atoms with Crippen molar-refractivity contribution in [1.29, 1.82) is 0 Å². The fourth-order valence-electron chi connectivity index (χ4n) is 2.01. The van der Waals surface area contributed by atoms with Crippen LogP contribution in [0.2, 0.25) is 5.02 Å². The largest absolute Gasteiger partial charge is 0.322 e. The third kappa shape index (κ3) is 4.29. The molecule has 3 nitrogen and oxygen atoms in total. The predicted octanol–water partition coefficient (Wildman–Crippen LogP) is 3.94. The summed E-state index contributed by atoms with van der Waals surface area (Å²) in [5, 5.41) is 3.29. The number of halogens is 2. The van der Waals surface area contributed by atoms with Crippen LogP contribution in [0, 0.1) is 5.82 Å². The first kappa shape index (κ1) is 16.5. The Morgan fingerprint density at radius 2 is 1.86 bits per heavy atom. The molecule has 0 aromatic heterocycles. The van der Waals surface area contributed by atoms with Gasteiger partial charge in [-0.05, 0) is 43.8 Å². The Kier molecular flexibility index (Phi) is 5.52. The van der Waals surface area contributed by atoms with Crippen LogP contribution in [-0.2, 0) is 11.3 Å². The highest BCUT2D eigenvalue weighted by Gasteiger charge is 2.19. The minimum absolute atomic E-state index is 0.194. The molecule has 0 aliphatic carbocycles. The van der Waals surface area contributed by atoms with Crippen LogP contribution in [0.4, 0.5) is 10.1 Å². The summed E-state index contributed by atoms with van der Waals surface area (Å²) in [6.07, 6.45) is 0.